The number of amides is 1. The minimum absolute atomic E-state index is 0.202. The van der Waals surface area contributed by atoms with Crippen LogP contribution in [0.25, 0.3) is 0 Å². The summed E-state index contributed by atoms with van der Waals surface area (Å²) >= 11 is 0. The lowest BCUT2D eigenvalue weighted by atomic mass is 10.2. The molecular weight excluding hydrogens is 212 g/mol. The van der Waals surface area contributed by atoms with Gasteiger partial charge in [-0.1, -0.05) is 12.0 Å². The molecule has 0 saturated carbocycles. The van der Waals surface area contributed by atoms with Gasteiger partial charge in [0.2, 0.25) is 0 Å². The summed E-state index contributed by atoms with van der Waals surface area (Å²) in [6, 6.07) is 10.6. The van der Waals surface area contributed by atoms with Gasteiger partial charge in [-0.05, 0) is 30.3 Å². The summed E-state index contributed by atoms with van der Waals surface area (Å²) in [6.45, 7) is 0. The second kappa shape index (κ2) is 4.95. The van der Waals surface area contributed by atoms with Crippen LogP contribution in [0.3, 0.4) is 0 Å². The third-order valence-corrected chi connectivity index (χ3v) is 2.21. The molecule has 17 heavy (non-hydrogen) atoms. The van der Waals surface area contributed by atoms with Crippen LogP contribution in [0.2, 0.25) is 0 Å². The van der Waals surface area contributed by atoms with Crippen LogP contribution in [-0.4, -0.2) is 10.9 Å². The molecule has 3 heteroatoms. The highest BCUT2D eigenvalue weighted by molar-refractivity contribution is 6.04. The first-order chi connectivity index (χ1) is 8.29. The summed E-state index contributed by atoms with van der Waals surface area (Å²) < 4.78 is 0. The number of nitrogens with zero attached hydrogens (tertiary/aromatic N) is 1. The standard InChI is InChI=1S/C14H10N2O/c1-2-11-5-3-7-13(9-11)16-14(17)12-6-4-8-15-10-12/h1,3-10H,(H,16,17). The fourth-order valence-corrected chi connectivity index (χ4v) is 1.39. The number of carbonyl (C=O) groups is 1. The average Bonchev–Trinajstić information content (AvgIpc) is 2.40. The fraction of sp³-hybridized carbons (Fsp3) is 0. The minimum Gasteiger partial charge on any atom is -0.322 e. The predicted molar refractivity (Wildman–Crippen MR) is 66.6 cm³/mol. The van der Waals surface area contributed by atoms with E-state index in [-0.39, 0.29) is 5.91 Å². The van der Waals surface area contributed by atoms with Crippen molar-refractivity contribution in [3.8, 4) is 12.3 Å². The normalized spacial score (nSPS) is 9.35. The van der Waals surface area contributed by atoms with Gasteiger partial charge in [-0.2, -0.15) is 0 Å². The molecule has 0 saturated heterocycles. The van der Waals surface area contributed by atoms with E-state index in [1.165, 1.54) is 6.20 Å². The maximum absolute atomic E-state index is 11.8. The molecule has 2 rings (SSSR count). The first kappa shape index (κ1) is 10.9. The van der Waals surface area contributed by atoms with Gasteiger partial charge in [0.1, 0.15) is 0 Å². The number of carbonyl (C=O) groups excluding carboxylic acids is 1. The van der Waals surface area contributed by atoms with Crippen molar-refractivity contribution >= 4 is 11.6 Å². The number of anilines is 1. The number of terminal acetylenes is 1. The van der Waals surface area contributed by atoms with Gasteiger partial charge >= 0.3 is 0 Å². The molecule has 0 aliphatic heterocycles. The Kier molecular flexibility index (Phi) is 3.18. The lowest BCUT2D eigenvalue weighted by molar-refractivity contribution is 0.102. The van der Waals surface area contributed by atoms with Crippen molar-refractivity contribution < 1.29 is 4.79 Å². The third kappa shape index (κ3) is 2.70. The van der Waals surface area contributed by atoms with Gasteiger partial charge in [0.15, 0.2) is 0 Å². The Hall–Kier alpha value is -2.60. The Morgan fingerprint density at radius 3 is 2.88 bits per heavy atom. The van der Waals surface area contributed by atoms with Gasteiger partial charge < -0.3 is 5.32 Å². The summed E-state index contributed by atoms with van der Waals surface area (Å²) in [4.78, 5) is 15.7. The Labute approximate surface area is 99.5 Å². The number of hydrogen-bond acceptors (Lipinski definition) is 2. The Bertz CT molecular complexity index is 570. The number of nitrogens with one attached hydrogen (secondary N) is 1. The lowest BCUT2D eigenvalue weighted by Gasteiger charge is -2.04. The van der Waals surface area contributed by atoms with Crippen LogP contribution in [0.1, 0.15) is 15.9 Å². The maximum Gasteiger partial charge on any atom is 0.257 e. The highest BCUT2D eigenvalue weighted by Gasteiger charge is 2.05. The van der Waals surface area contributed by atoms with E-state index < -0.39 is 0 Å². The van der Waals surface area contributed by atoms with E-state index >= 15 is 0 Å². The van der Waals surface area contributed by atoms with Gasteiger partial charge in [-0.25, -0.2) is 0 Å². The van der Waals surface area contributed by atoms with E-state index in [4.69, 9.17) is 6.42 Å². The Balaban J connectivity index is 2.17. The number of rotatable bonds is 2. The number of pyridine rings is 1. The van der Waals surface area contributed by atoms with Crippen molar-refractivity contribution in [1.29, 1.82) is 0 Å². The maximum atomic E-state index is 11.8. The molecule has 1 heterocycles. The molecule has 0 atom stereocenters. The average molecular weight is 222 g/mol. The van der Waals surface area contributed by atoms with Crippen molar-refractivity contribution in [3.05, 3.63) is 59.9 Å². The third-order valence-electron chi connectivity index (χ3n) is 2.21. The Morgan fingerprint density at radius 2 is 2.18 bits per heavy atom. The molecule has 1 aromatic carbocycles. The van der Waals surface area contributed by atoms with Crippen LogP contribution in [0, 0.1) is 12.3 Å². The number of benzene rings is 1. The zero-order valence-electron chi connectivity index (χ0n) is 9.05. The van der Waals surface area contributed by atoms with E-state index in [9.17, 15) is 4.79 Å². The van der Waals surface area contributed by atoms with E-state index in [0.717, 1.165) is 5.56 Å². The van der Waals surface area contributed by atoms with Crippen LogP contribution in [0.4, 0.5) is 5.69 Å². The van der Waals surface area contributed by atoms with Gasteiger partial charge in [-0.3, -0.25) is 9.78 Å². The van der Waals surface area contributed by atoms with E-state index in [1.807, 2.05) is 0 Å². The number of hydrogen-bond donors (Lipinski definition) is 1. The van der Waals surface area contributed by atoms with Crippen LogP contribution >= 0.6 is 0 Å². The second-order valence-corrected chi connectivity index (χ2v) is 3.42. The zero-order valence-corrected chi connectivity index (χ0v) is 9.05. The van der Waals surface area contributed by atoms with Crippen LogP contribution in [0.15, 0.2) is 48.8 Å². The van der Waals surface area contributed by atoms with Crippen molar-refractivity contribution in [1.82, 2.24) is 4.98 Å². The van der Waals surface area contributed by atoms with Crippen molar-refractivity contribution in [2.75, 3.05) is 5.32 Å². The summed E-state index contributed by atoms with van der Waals surface area (Å²) in [7, 11) is 0. The molecule has 2 aromatic rings. The molecule has 0 spiro atoms. The molecular formula is C14H10N2O. The van der Waals surface area contributed by atoms with Crippen molar-refractivity contribution in [2.24, 2.45) is 0 Å². The minimum atomic E-state index is -0.202. The number of aromatic nitrogens is 1. The molecule has 0 radical (unpaired) electrons. The van der Waals surface area contributed by atoms with Gasteiger partial charge in [-0.15, -0.1) is 6.42 Å². The van der Waals surface area contributed by atoms with Crippen molar-refractivity contribution in [2.45, 2.75) is 0 Å². The van der Waals surface area contributed by atoms with Gasteiger partial charge in [0, 0.05) is 23.6 Å². The first-order valence-corrected chi connectivity index (χ1v) is 5.07. The lowest BCUT2D eigenvalue weighted by Crippen LogP contribution is -2.11. The van der Waals surface area contributed by atoms with Crippen LogP contribution in [-0.2, 0) is 0 Å². The monoisotopic (exact) mass is 222 g/mol. The second-order valence-electron chi connectivity index (χ2n) is 3.42. The predicted octanol–water partition coefficient (Wildman–Crippen LogP) is 2.32. The summed E-state index contributed by atoms with van der Waals surface area (Å²) in [5, 5.41) is 2.76. The summed E-state index contributed by atoms with van der Waals surface area (Å²) in [5.41, 5.74) is 1.92. The first-order valence-electron chi connectivity index (χ1n) is 5.07. The van der Waals surface area contributed by atoms with Gasteiger partial charge in [0.05, 0.1) is 5.56 Å². The highest BCUT2D eigenvalue weighted by Crippen LogP contribution is 2.11. The highest BCUT2D eigenvalue weighted by atomic mass is 16.1. The zero-order chi connectivity index (χ0) is 12.1. The van der Waals surface area contributed by atoms with E-state index in [1.54, 1.807) is 42.6 Å². The molecule has 1 amide bonds. The summed E-state index contributed by atoms with van der Waals surface area (Å²) in [5.74, 6) is 2.32. The smallest absolute Gasteiger partial charge is 0.257 e. The molecule has 82 valence electrons. The quantitative estimate of drug-likeness (QED) is 0.792. The molecule has 0 fully saturated rings. The molecule has 1 N–H and O–H groups in total. The molecule has 0 bridgehead atoms. The topological polar surface area (TPSA) is 42.0 Å². The summed E-state index contributed by atoms with van der Waals surface area (Å²) in [6.07, 6.45) is 8.42. The molecule has 0 unspecified atom stereocenters. The van der Waals surface area contributed by atoms with Gasteiger partial charge in [0.25, 0.3) is 5.91 Å². The SMILES string of the molecule is C#Cc1cccc(NC(=O)c2cccnc2)c1. The van der Waals surface area contributed by atoms with E-state index in [0.29, 0.717) is 11.3 Å². The van der Waals surface area contributed by atoms with E-state index in [2.05, 4.69) is 16.2 Å². The molecule has 1 aromatic heterocycles. The fourth-order valence-electron chi connectivity index (χ4n) is 1.39. The molecule has 3 nitrogen and oxygen atoms in total. The molecule has 0 aliphatic rings. The van der Waals surface area contributed by atoms with Crippen LogP contribution in [0.5, 0.6) is 0 Å². The Morgan fingerprint density at radius 1 is 1.29 bits per heavy atom. The molecule has 0 aliphatic carbocycles. The van der Waals surface area contributed by atoms with Crippen LogP contribution < -0.4 is 5.32 Å². The largest absolute Gasteiger partial charge is 0.322 e. The van der Waals surface area contributed by atoms with Crippen molar-refractivity contribution in [3.63, 3.8) is 0 Å².